The van der Waals surface area contributed by atoms with Gasteiger partial charge < -0.3 is 10.4 Å². The summed E-state index contributed by atoms with van der Waals surface area (Å²) in [5, 5.41) is 11.4. The third kappa shape index (κ3) is 5.82. The summed E-state index contributed by atoms with van der Waals surface area (Å²) in [5.74, 6) is -1.60. The van der Waals surface area contributed by atoms with Gasteiger partial charge >= 0.3 is 5.97 Å². The summed E-state index contributed by atoms with van der Waals surface area (Å²) in [6.07, 6.45) is 2.00. The molecule has 0 aromatic heterocycles. The van der Waals surface area contributed by atoms with E-state index in [-0.39, 0.29) is 5.56 Å². The Morgan fingerprint density at radius 1 is 1.24 bits per heavy atom. The van der Waals surface area contributed by atoms with E-state index in [0.717, 1.165) is 6.26 Å². The number of carbonyl (C=O) groups excluding carboxylic acids is 1. The van der Waals surface area contributed by atoms with Crippen LogP contribution in [0.3, 0.4) is 0 Å². The highest BCUT2D eigenvalue weighted by atomic mass is 32.2. The number of benzene rings is 1. The fraction of sp³-hybridized carbons (Fsp3) is 0.385. The van der Waals surface area contributed by atoms with Gasteiger partial charge in [0, 0.05) is 11.3 Å². The Balaban J connectivity index is 2.77. The van der Waals surface area contributed by atoms with E-state index in [1.807, 2.05) is 6.92 Å². The van der Waals surface area contributed by atoms with E-state index in [1.54, 1.807) is 0 Å². The van der Waals surface area contributed by atoms with Crippen LogP contribution in [-0.4, -0.2) is 37.7 Å². The zero-order valence-corrected chi connectivity index (χ0v) is 12.6. The molecule has 0 saturated carbocycles. The molecule has 0 aliphatic carbocycles. The van der Waals surface area contributed by atoms with E-state index in [4.69, 9.17) is 5.11 Å². The van der Waals surface area contributed by atoms with Crippen molar-refractivity contribution in [3.05, 3.63) is 29.8 Å². The molecule has 116 valence electrons. The standard InChI is InChI=1S/C13H18N2O5S/c1-3-4-11(13(17)18)14-12(16)9-5-7-10(8-6-9)15-21(2,19)20/h5-8,11,15H,3-4H2,1-2H3,(H,14,16)(H,17,18). The number of carboxylic acid groups (broad SMARTS) is 1. The van der Waals surface area contributed by atoms with E-state index in [9.17, 15) is 18.0 Å². The number of amides is 1. The van der Waals surface area contributed by atoms with E-state index < -0.39 is 27.9 Å². The Bertz CT molecular complexity index is 610. The van der Waals surface area contributed by atoms with E-state index in [1.165, 1.54) is 24.3 Å². The van der Waals surface area contributed by atoms with Crippen LogP contribution in [0.4, 0.5) is 5.69 Å². The Hall–Kier alpha value is -2.09. The van der Waals surface area contributed by atoms with Gasteiger partial charge in [-0.25, -0.2) is 13.2 Å². The fourth-order valence-corrected chi connectivity index (χ4v) is 2.26. The molecule has 0 fully saturated rings. The number of sulfonamides is 1. The fourth-order valence-electron chi connectivity index (χ4n) is 1.69. The van der Waals surface area contributed by atoms with Crippen molar-refractivity contribution >= 4 is 27.6 Å². The van der Waals surface area contributed by atoms with Crippen molar-refractivity contribution in [2.75, 3.05) is 11.0 Å². The summed E-state index contributed by atoms with van der Waals surface area (Å²) in [6.45, 7) is 1.83. The Morgan fingerprint density at radius 2 is 1.81 bits per heavy atom. The van der Waals surface area contributed by atoms with Crippen molar-refractivity contribution in [1.82, 2.24) is 5.32 Å². The van der Waals surface area contributed by atoms with Crippen molar-refractivity contribution in [1.29, 1.82) is 0 Å². The number of hydrogen-bond donors (Lipinski definition) is 3. The van der Waals surface area contributed by atoms with Gasteiger partial charge in [0.05, 0.1) is 6.26 Å². The summed E-state index contributed by atoms with van der Waals surface area (Å²) in [7, 11) is -3.38. The van der Waals surface area contributed by atoms with E-state index in [2.05, 4.69) is 10.0 Å². The maximum atomic E-state index is 11.9. The van der Waals surface area contributed by atoms with Crippen LogP contribution in [0.1, 0.15) is 30.1 Å². The Kier molecular flexibility index (Phi) is 5.71. The third-order valence-electron chi connectivity index (χ3n) is 2.63. The van der Waals surface area contributed by atoms with Crippen molar-refractivity contribution in [2.45, 2.75) is 25.8 Å². The van der Waals surface area contributed by atoms with Crippen molar-refractivity contribution in [3.63, 3.8) is 0 Å². The van der Waals surface area contributed by atoms with Gasteiger partial charge in [-0.3, -0.25) is 9.52 Å². The summed E-state index contributed by atoms with van der Waals surface area (Å²) < 4.78 is 24.4. The summed E-state index contributed by atoms with van der Waals surface area (Å²) >= 11 is 0. The molecule has 0 aliphatic rings. The molecule has 1 aromatic carbocycles. The van der Waals surface area contributed by atoms with Gasteiger partial charge in [-0.1, -0.05) is 13.3 Å². The molecule has 1 aromatic rings. The Labute approximate surface area is 123 Å². The number of carbonyl (C=O) groups is 2. The summed E-state index contributed by atoms with van der Waals surface area (Å²) in [5.41, 5.74) is 0.591. The molecular formula is C13H18N2O5S. The molecule has 0 radical (unpaired) electrons. The molecule has 21 heavy (non-hydrogen) atoms. The van der Waals surface area contributed by atoms with Gasteiger partial charge in [0.1, 0.15) is 6.04 Å². The Morgan fingerprint density at radius 3 is 2.24 bits per heavy atom. The van der Waals surface area contributed by atoms with E-state index in [0.29, 0.717) is 18.5 Å². The van der Waals surface area contributed by atoms with Crippen LogP contribution in [0.2, 0.25) is 0 Å². The molecule has 1 unspecified atom stereocenters. The average Bonchev–Trinajstić information content (AvgIpc) is 2.36. The lowest BCUT2D eigenvalue weighted by Gasteiger charge is -2.13. The normalized spacial score (nSPS) is 12.5. The number of nitrogens with one attached hydrogen (secondary N) is 2. The molecule has 0 spiro atoms. The lowest BCUT2D eigenvalue weighted by molar-refractivity contribution is -0.139. The number of carboxylic acids is 1. The maximum absolute atomic E-state index is 11.9. The molecule has 0 bridgehead atoms. The van der Waals surface area contributed by atoms with Gasteiger partial charge in [-0.05, 0) is 30.7 Å². The maximum Gasteiger partial charge on any atom is 0.326 e. The smallest absolute Gasteiger partial charge is 0.326 e. The van der Waals surface area contributed by atoms with Gasteiger partial charge in [0.2, 0.25) is 10.0 Å². The van der Waals surface area contributed by atoms with Gasteiger partial charge in [-0.2, -0.15) is 0 Å². The molecule has 1 rings (SSSR count). The predicted octanol–water partition coefficient (Wildman–Crippen LogP) is 1.04. The number of rotatable bonds is 7. The second kappa shape index (κ2) is 7.07. The minimum absolute atomic E-state index is 0.261. The van der Waals surface area contributed by atoms with Crippen LogP contribution in [0.25, 0.3) is 0 Å². The second-order valence-electron chi connectivity index (χ2n) is 4.60. The van der Waals surface area contributed by atoms with Crippen LogP contribution in [0.15, 0.2) is 24.3 Å². The lowest BCUT2D eigenvalue weighted by Crippen LogP contribution is -2.40. The van der Waals surface area contributed by atoms with Crippen molar-refractivity contribution in [2.24, 2.45) is 0 Å². The monoisotopic (exact) mass is 314 g/mol. The first-order valence-corrected chi connectivity index (χ1v) is 8.23. The molecule has 1 amide bonds. The van der Waals surface area contributed by atoms with Crippen LogP contribution in [0.5, 0.6) is 0 Å². The average molecular weight is 314 g/mol. The third-order valence-corrected chi connectivity index (χ3v) is 3.24. The number of anilines is 1. The molecule has 8 heteroatoms. The highest BCUT2D eigenvalue weighted by Gasteiger charge is 2.19. The first-order chi connectivity index (χ1) is 9.73. The lowest BCUT2D eigenvalue weighted by atomic mass is 10.1. The highest BCUT2D eigenvalue weighted by Crippen LogP contribution is 2.11. The van der Waals surface area contributed by atoms with Gasteiger partial charge in [0.25, 0.3) is 5.91 Å². The number of hydrogen-bond acceptors (Lipinski definition) is 4. The highest BCUT2D eigenvalue weighted by molar-refractivity contribution is 7.92. The molecular weight excluding hydrogens is 296 g/mol. The van der Waals surface area contributed by atoms with Crippen LogP contribution in [0, 0.1) is 0 Å². The predicted molar refractivity (Wildman–Crippen MR) is 78.7 cm³/mol. The second-order valence-corrected chi connectivity index (χ2v) is 6.35. The van der Waals surface area contributed by atoms with Crippen LogP contribution in [-0.2, 0) is 14.8 Å². The minimum atomic E-state index is -3.38. The quantitative estimate of drug-likeness (QED) is 0.696. The van der Waals surface area contributed by atoms with Crippen molar-refractivity contribution in [3.8, 4) is 0 Å². The molecule has 1 atom stereocenters. The zero-order valence-electron chi connectivity index (χ0n) is 11.8. The summed E-state index contributed by atoms with van der Waals surface area (Å²) in [6, 6.07) is 4.79. The largest absolute Gasteiger partial charge is 0.480 e. The summed E-state index contributed by atoms with van der Waals surface area (Å²) in [4.78, 5) is 22.9. The number of aliphatic carboxylic acids is 1. The van der Waals surface area contributed by atoms with Crippen LogP contribution < -0.4 is 10.0 Å². The first-order valence-electron chi connectivity index (χ1n) is 6.34. The molecule has 0 heterocycles. The molecule has 7 nitrogen and oxygen atoms in total. The molecule has 0 aliphatic heterocycles. The molecule has 0 saturated heterocycles. The zero-order chi connectivity index (χ0) is 16.0. The van der Waals surface area contributed by atoms with E-state index >= 15 is 0 Å². The van der Waals surface area contributed by atoms with Crippen molar-refractivity contribution < 1.29 is 23.1 Å². The SMILES string of the molecule is CCCC(NC(=O)c1ccc(NS(C)(=O)=O)cc1)C(=O)O. The topological polar surface area (TPSA) is 113 Å². The van der Waals surface area contributed by atoms with Crippen LogP contribution >= 0.6 is 0 Å². The minimum Gasteiger partial charge on any atom is -0.480 e. The molecule has 3 N–H and O–H groups in total. The first kappa shape index (κ1) is 17.0. The van der Waals surface area contributed by atoms with Gasteiger partial charge in [0.15, 0.2) is 0 Å². The van der Waals surface area contributed by atoms with Gasteiger partial charge in [-0.15, -0.1) is 0 Å².